The van der Waals surface area contributed by atoms with Crippen LogP contribution < -0.4 is 5.73 Å². The molecule has 0 spiro atoms. The molecule has 1 fully saturated rings. The maximum atomic E-state index is 13.4. The summed E-state index contributed by atoms with van der Waals surface area (Å²) in [6.07, 6.45) is 1.04. The molecule has 76 valence electrons. The maximum absolute atomic E-state index is 13.4. The summed E-state index contributed by atoms with van der Waals surface area (Å²) in [5, 5.41) is 0. The second kappa shape index (κ2) is 3.62. The summed E-state index contributed by atoms with van der Waals surface area (Å²) in [5.41, 5.74) is 4.35. The summed E-state index contributed by atoms with van der Waals surface area (Å²) < 4.78 is 13.4. The van der Waals surface area contributed by atoms with E-state index in [1.807, 2.05) is 6.92 Å². The fourth-order valence-electron chi connectivity index (χ4n) is 1.52. The van der Waals surface area contributed by atoms with Crippen LogP contribution in [0.1, 0.15) is 26.7 Å². The number of carbonyl (C=O) groups is 1. The predicted octanol–water partition coefficient (Wildman–Crippen LogP) is 0.684. The van der Waals surface area contributed by atoms with Crippen molar-refractivity contribution in [1.29, 1.82) is 0 Å². The third kappa shape index (κ3) is 2.40. The van der Waals surface area contributed by atoms with Gasteiger partial charge in [-0.2, -0.15) is 0 Å². The molecule has 0 aromatic carbocycles. The number of alkyl halides is 1. The summed E-state index contributed by atoms with van der Waals surface area (Å²) in [6, 6.07) is -0.464. The first-order valence-corrected chi connectivity index (χ1v) is 4.69. The molecule has 0 radical (unpaired) electrons. The minimum absolute atomic E-state index is 0.121. The van der Waals surface area contributed by atoms with Gasteiger partial charge >= 0.3 is 0 Å². The first-order valence-electron chi connectivity index (χ1n) is 4.69. The van der Waals surface area contributed by atoms with E-state index in [1.54, 1.807) is 0 Å². The second-order valence-corrected chi connectivity index (χ2v) is 3.94. The van der Waals surface area contributed by atoms with E-state index in [4.69, 9.17) is 5.73 Å². The minimum Gasteiger partial charge on any atom is -0.338 e. The van der Waals surface area contributed by atoms with Crippen LogP contribution >= 0.6 is 0 Å². The molecule has 0 aromatic rings. The van der Waals surface area contributed by atoms with Crippen molar-refractivity contribution in [3.05, 3.63) is 0 Å². The number of nitrogens with two attached hydrogens (primary N) is 1. The zero-order chi connectivity index (χ0) is 10.1. The fraction of sp³-hybridized carbons (Fsp3) is 0.889. The fourth-order valence-corrected chi connectivity index (χ4v) is 1.52. The van der Waals surface area contributed by atoms with Gasteiger partial charge in [0.2, 0.25) is 5.91 Å². The molecule has 1 saturated heterocycles. The highest BCUT2D eigenvalue weighted by molar-refractivity contribution is 5.81. The Kier molecular flexibility index (Phi) is 2.91. The van der Waals surface area contributed by atoms with Crippen LogP contribution in [-0.4, -0.2) is 35.6 Å². The number of nitrogens with zero attached hydrogens (tertiary/aromatic N) is 1. The van der Waals surface area contributed by atoms with Crippen LogP contribution in [0.3, 0.4) is 0 Å². The Balaban J connectivity index is 2.51. The van der Waals surface area contributed by atoms with Gasteiger partial charge in [-0.3, -0.25) is 4.79 Å². The van der Waals surface area contributed by atoms with Gasteiger partial charge in [-0.1, -0.05) is 6.92 Å². The smallest absolute Gasteiger partial charge is 0.239 e. The third-order valence-electron chi connectivity index (χ3n) is 2.49. The summed E-state index contributed by atoms with van der Waals surface area (Å²) in [6.45, 7) is 4.07. The lowest BCUT2D eigenvalue weighted by Gasteiger charge is -2.20. The summed E-state index contributed by atoms with van der Waals surface area (Å²) >= 11 is 0. The van der Waals surface area contributed by atoms with Gasteiger partial charge < -0.3 is 10.6 Å². The average Bonchev–Trinajstić information content (AvgIpc) is 2.43. The van der Waals surface area contributed by atoms with Gasteiger partial charge in [0, 0.05) is 13.0 Å². The molecule has 1 amide bonds. The molecular weight excluding hydrogens is 171 g/mol. The van der Waals surface area contributed by atoms with Crippen LogP contribution in [0.5, 0.6) is 0 Å². The Labute approximate surface area is 78.1 Å². The van der Waals surface area contributed by atoms with E-state index in [0.29, 0.717) is 19.4 Å². The Morgan fingerprint density at radius 1 is 1.77 bits per heavy atom. The average molecular weight is 188 g/mol. The Morgan fingerprint density at radius 2 is 2.38 bits per heavy atom. The molecule has 2 N–H and O–H groups in total. The van der Waals surface area contributed by atoms with Crippen molar-refractivity contribution >= 4 is 5.91 Å². The number of hydrogen-bond acceptors (Lipinski definition) is 2. The summed E-state index contributed by atoms with van der Waals surface area (Å²) in [7, 11) is 0. The largest absolute Gasteiger partial charge is 0.338 e. The number of halogens is 1. The highest BCUT2D eigenvalue weighted by atomic mass is 19.1. The number of hydrogen-bond donors (Lipinski definition) is 1. The Morgan fingerprint density at radius 3 is 2.77 bits per heavy atom. The Bertz CT molecular complexity index is 206. The van der Waals surface area contributed by atoms with Crippen molar-refractivity contribution in [2.24, 2.45) is 5.73 Å². The maximum Gasteiger partial charge on any atom is 0.239 e. The molecule has 1 aliphatic heterocycles. The van der Waals surface area contributed by atoms with E-state index in [1.165, 1.54) is 11.8 Å². The number of amides is 1. The van der Waals surface area contributed by atoms with Gasteiger partial charge in [0.1, 0.15) is 5.67 Å². The SMILES string of the molecule is CC[C@@H](N)C(=O)N1CCC(C)(F)C1. The monoisotopic (exact) mass is 188 g/mol. The van der Waals surface area contributed by atoms with Gasteiger partial charge in [-0.05, 0) is 13.3 Å². The number of likely N-dealkylation sites (tertiary alicyclic amines) is 1. The van der Waals surface area contributed by atoms with Gasteiger partial charge in [0.15, 0.2) is 0 Å². The van der Waals surface area contributed by atoms with Gasteiger partial charge in [0.05, 0.1) is 12.6 Å². The lowest BCUT2D eigenvalue weighted by molar-refractivity contribution is -0.132. The van der Waals surface area contributed by atoms with Crippen LogP contribution in [-0.2, 0) is 4.79 Å². The van der Waals surface area contributed by atoms with Crippen LogP contribution in [0.4, 0.5) is 4.39 Å². The van der Waals surface area contributed by atoms with E-state index >= 15 is 0 Å². The van der Waals surface area contributed by atoms with Crippen LogP contribution in [0.2, 0.25) is 0 Å². The quantitative estimate of drug-likeness (QED) is 0.692. The van der Waals surface area contributed by atoms with Crippen molar-refractivity contribution < 1.29 is 9.18 Å². The molecule has 2 atom stereocenters. The molecule has 1 heterocycles. The zero-order valence-corrected chi connectivity index (χ0v) is 8.22. The van der Waals surface area contributed by atoms with Crippen LogP contribution in [0.25, 0.3) is 0 Å². The second-order valence-electron chi connectivity index (χ2n) is 3.94. The van der Waals surface area contributed by atoms with Crippen molar-refractivity contribution in [3.8, 4) is 0 Å². The molecule has 13 heavy (non-hydrogen) atoms. The van der Waals surface area contributed by atoms with E-state index in [-0.39, 0.29) is 12.5 Å². The first kappa shape index (κ1) is 10.4. The van der Waals surface area contributed by atoms with E-state index in [9.17, 15) is 9.18 Å². The van der Waals surface area contributed by atoms with E-state index in [0.717, 1.165) is 0 Å². The third-order valence-corrected chi connectivity index (χ3v) is 2.49. The highest BCUT2D eigenvalue weighted by Crippen LogP contribution is 2.24. The molecule has 0 aromatic heterocycles. The summed E-state index contributed by atoms with van der Waals surface area (Å²) in [4.78, 5) is 13.0. The van der Waals surface area contributed by atoms with Crippen LogP contribution in [0, 0.1) is 0 Å². The molecule has 0 bridgehead atoms. The number of carbonyl (C=O) groups excluding carboxylic acids is 1. The highest BCUT2D eigenvalue weighted by Gasteiger charge is 2.36. The van der Waals surface area contributed by atoms with E-state index < -0.39 is 11.7 Å². The lowest BCUT2D eigenvalue weighted by Crippen LogP contribution is -2.43. The topological polar surface area (TPSA) is 46.3 Å². The zero-order valence-electron chi connectivity index (χ0n) is 8.22. The standard InChI is InChI=1S/C9H17FN2O/c1-3-7(11)8(13)12-5-4-9(2,10)6-12/h7H,3-6,11H2,1-2H3/t7-,9?/m1/s1. The molecule has 0 aliphatic carbocycles. The molecule has 1 rings (SSSR count). The van der Waals surface area contributed by atoms with Crippen molar-refractivity contribution in [3.63, 3.8) is 0 Å². The molecule has 1 aliphatic rings. The van der Waals surface area contributed by atoms with Crippen LogP contribution in [0.15, 0.2) is 0 Å². The molecular formula is C9H17FN2O. The molecule has 1 unspecified atom stereocenters. The normalized spacial score (nSPS) is 30.6. The van der Waals surface area contributed by atoms with Crippen molar-refractivity contribution in [2.75, 3.05) is 13.1 Å². The van der Waals surface area contributed by atoms with E-state index in [2.05, 4.69) is 0 Å². The number of rotatable bonds is 2. The predicted molar refractivity (Wildman–Crippen MR) is 49.0 cm³/mol. The van der Waals surface area contributed by atoms with Crippen molar-refractivity contribution in [2.45, 2.75) is 38.4 Å². The van der Waals surface area contributed by atoms with Crippen molar-refractivity contribution in [1.82, 2.24) is 4.90 Å². The van der Waals surface area contributed by atoms with Gasteiger partial charge in [-0.15, -0.1) is 0 Å². The minimum atomic E-state index is -1.22. The molecule has 4 heteroatoms. The Hall–Kier alpha value is -0.640. The molecule has 3 nitrogen and oxygen atoms in total. The lowest BCUT2D eigenvalue weighted by atomic mass is 10.1. The van der Waals surface area contributed by atoms with Gasteiger partial charge in [-0.25, -0.2) is 4.39 Å². The molecule has 0 saturated carbocycles. The van der Waals surface area contributed by atoms with Gasteiger partial charge in [0.25, 0.3) is 0 Å². The first-order chi connectivity index (χ1) is 5.96. The summed E-state index contributed by atoms with van der Waals surface area (Å²) in [5.74, 6) is -0.121.